The Balaban J connectivity index is 2.60. The van der Waals surface area contributed by atoms with E-state index in [0.29, 0.717) is 16.5 Å². The van der Waals surface area contributed by atoms with Gasteiger partial charge in [-0.15, -0.1) is 0 Å². The van der Waals surface area contributed by atoms with Crippen molar-refractivity contribution in [2.45, 2.75) is 13.8 Å². The van der Waals surface area contributed by atoms with E-state index in [2.05, 4.69) is 0 Å². The van der Waals surface area contributed by atoms with Gasteiger partial charge in [-0.05, 0) is 32.0 Å². The number of aromatic hydroxyl groups is 1. The van der Waals surface area contributed by atoms with E-state index >= 15 is 0 Å². The van der Waals surface area contributed by atoms with Gasteiger partial charge in [0.25, 0.3) is 0 Å². The molecule has 0 aliphatic rings. The Bertz CT molecular complexity index is 1120. The number of phenols is 1. The van der Waals surface area contributed by atoms with Crippen molar-refractivity contribution >= 4 is 28.1 Å². The maximum absolute atomic E-state index is 14.7. The lowest BCUT2D eigenvalue weighted by atomic mass is 10.0. The van der Waals surface area contributed by atoms with Gasteiger partial charge in [0.05, 0.1) is 28.0 Å². The molecule has 0 aliphatic heterocycles. The van der Waals surface area contributed by atoms with Gasteiger partial charge in [-0.2, -0.15) is 0 Å². The first-order valence-electron chi connectivity index (χ1n) is 8.18. The molecule has 6 N–H and O–H groups in total. The van der Waals surface area contributed by atoms with Crippen LogP contribution in [0.4, 0.5) is 4.39 Å². The van der Waals surface area contributed by atoms with Crippen LogP contribution in [0.15, 0.2) is 48.2 Å². The van der Waals surface area contributed by atoms with Gasteiger partial charge in [-0.25, -0.2) is 4.39 Å². The molecule has 0 spiro atoms. The number of para-hydroxylation sites is 1. The number of allylic oxidation sites excluding steroid dienone is 2. The quantitative estimate of drug-likeness (QED) is 0.322. The highest BCUT2D eigenvalue weighted by Gasteiger charge is 2.27. The molecule has 0 fully saturated rings. The van der Waals surface area contributed by atoms with E-state index in [4.69, 9.17) is 16.9 Å². The number of hydrogen-bond donors (Lipinski definition) is 4. The number of ketones is 1. The molecule has 0 radical (unpaired) electrons. The maximum Gasteiger partial charge on any atom is 0.163 e. The third-order valence-electron chi connectivity index (χ3n) is 4.30. The minimum atomic E-state index is -0.690. The van der Waals surface area contributed by atoms with Gasteiger partial charge < -0.3 is 21.1 Å². The number of nitrogen functional groups attached to an aromatic ring is 1. The molecular weight excluding hydrogens is 347 g/mol. The normalized spacial score (nSPS) is 12.1. The average molecular weight is 366 g/mol. The van der Waals surface area contributed by atoms with Crippen molar-refractivity contribution < 1.29 is 14.3 Å². The fourth-order valence-electron chi connectivity index (χ4n) is 3.31. The van der Waals surface area contributed by atoms with Crippen LogP contribution in [0, 0.1) is 11.2 Å². The predicted octanol–water partition coefficient (Wildman–Crippen LogP) is 3.04. The van der Waals surface area contributed by atoms with Crippen LogP contribution in [-0.2, 0) is 4.79 Å². The van der Waals surface area contributed by atoms with Crippen molar-refractivity contribution in [1.82, 2.24) is 4.57 Å². The third-order valence-corrected chi connectivity index (χ3v) is 4.30. The number of rotatable bonds is 4. The summed E-state index contributed by atoms with van der Waals surface area (Å²) >= 11 is 0. The van der Waals surface area contributed by atoms with Crippen LogP contribution in [0.25, 0.3) is 22.2 Å². The topological polar surface area (TPSA) is 118 Å². The number of aromatic nitrogens is 1. The van der Waals surface area contributed by atoms with Crippen molar-refractivity contribution in [2.75, 3.05) is 0 Å². The largest absolute Gasteiger partial charge is 0.508 e. The smallest absolute Gasteiger partial charge is 0.163 e. The Morgan fingerprint density at radius 3 is 2.37 bits per heavy atom. The van der Waals surface area contributed by atoms with Gasteiger partial charge in [0, 0.05) is 17.1 Å². The number of phenolic OH excluding ortho intramolecular Hbond substituents is 1. The fraction of sp³-hybridized carbons (Fsp3) is 0.100. The first-order valence-corrected chi connectivity index (χ1v) is 8.18. The summed E-state index contributed by atoms with van der Waals surface area (Å²) in [6, 6.07) is 10.7. The van der Waals surface area contributed by atoms with E-state index in [1.54, 1.807) is 31.2 Å². The zero-order chi connectivity index (χ0) is 19.9. The fourth-order valence-corrected chi connectivity index (χ4v) is 3.31. The summed E-state index contributed by atoms with van der Waals surface area (Å²) in [5.41, 5.74) is 13.4. The van der Waals surface area contributed by atoms with Crippen LogP contribution in [0.5, 0.6) is 5.75 Å². The summed E-state index contributed by atoms with van der Waals surface area (Å²) < 4.78 is 16.2. The number of amidine groups is 1. The van der Waals surface area contributed by atoms with Crippen LogP contribution in [0.3, 0.4) is 0 Å². The zero-order valence-corrected chi connectivity index (χ0v) is 14.9. The Hall–Kier alpha value is -3.61. The van der Waals surface area contributed by atoms with E-state index in [-0.39, 0.29) is 40.0 Å². The van der Waals surface area contributed by atoms with Gasteiger partial charge in [-0.3, -0.25) is 10.2 Å². The standard InChI is InChI=1S/C20H19FN4O2/c1-10(22)17(11(2)26)19-18(20(23)24)13-5-3-4-6-15(13)25(19)16-8-7-12(27)9-14(16)21/h3-9,27H,22H2,1-2H3,(H3,23,24). The monoisotopic (exact) mass is 366 g/mol. The number of fused-ring (bicyclic) bond motifs is 1. The number of hydrogen-bond acceptors (Lipinski definition) is 4. The van der Waals surface area contributed by atoms with Gasteiger partial charge in [0.2, 0.25) is 0 Å². The molecule has 3 aromatic rings. The molecule has 0 saturated carbocycles. The molecule has 0 bridgehead atoms. The Kier molecular flexibility index (Phi) is 4.45. The summed E-state index contributed by atoms with van der Waals surface area (Å²) in [7, 11) is 0. The molecular formula is C20H19FN4O2. The molecule has 0 aliphatic carbocycles. The van der Waals surface area contributed by atoms with Gasteiger partial charge in [-0.1, -0.05) is 18.2 Å². The lowest BCUT2D eigenvalue weighted by molar-refractivity contribution is -0.111. The highest BCUT2D eigenvalue weighted by Crippen LogP contribution is 2.36. The van der Waals surface area contributed by atoms with Gasteiger partial charge >= 0.3 is 0 Å². The maximum atomic E-state index is 14.7. The van der Waals surface area contributed by atoms with Crippen LogP contribution in [-0.4, -0.2) is 21.3 Å². The molecule has 1 aromatic heterocycles. The van der Waals surface area contributed by atoms with E-state index in [9.17, 15) is 14.3 Å². The molecule has 1 heterocycles. The SMILES string of the molecule is CC(=O)C(=C(C)N)c1c(C(=N)N)c2ccccc2n1-c1ccc(O)cc1F. The molecule has 3 rings (SSSR count). The van der Waals surface area contributed by atoms with Crippen molar-refractivity contribution in [3.63, 3.8) is 0 Å². The molecule has 0 atom stereocenters. The number of nitrogens with two attached hydrogens (primary N) is 2. The minimum absolute atomic E-state index is 0.103. The number of nitrogens with zero attached hydrogens (tertiary/aromatic N) is 1. The molecule has 0 saturated heterocycles. The van der Waals surface area contributed by atoms with E-state index in [0.717, 1.165) is 6.07 Å². The van der Waals surface area contributed by atoms with Crippen molar-refractivity contribution in [2.24, 2.45) is 11.5 Å². The Morgan fingerprint density at radius 2 is 1.81 bits per heavy atom. The molecule has 27 heavy (non-hydrogen) atoms. The van der Waals surface area contributed by atoms with Gasteiger partial charge in [0.1, 0.15) is 11.6 Å². The molecule has 2 aromatic carbocycles. The molecule has 0 unspecified atom stereocenters. The van der Waals surface area contributed by atoms with Crippen LogP contribution < -0.4 is 11.5 Å². The average Bonchev–Trinajstić information content (AvgIpc) is 2.89. The summed E-state index contributed by atoms with van der Waals surface area (Å²) in [6.07, 6.45) is 0. The second-order valence-electron chi connectivity index (χ2n) is 6.24. The van der Waals surface area contributed by atoms with Crippen LogP contribution in [0.2, 0.25) is 0 Å². The number of Topliss-reactive ketones (excluding diaryl/α,β-unsaturated/α-hetero) is 1. The number of benzene rings is 2. The highest BCUT2D eigenvalue weighted by molar-refractivity contribution is 6.25. The van der Waals surface area contributed by atoms with Crippen LogP contribution >= 0.6 is 0 Å². The molecule has 7 heteroatoms. The van der Waals surface area contributed by atoms with E-state index < -0.39 is 5.82 Å². The minimum Gasteiger partial charge on any atom is -0.508 e. The zero-order valence-electron chi connectivity index (χ0n) is 14.9. The predicted molar refractivity (Wildman–Crippen MR) is 103 cm³/mol. The Morgan fingerprint density at radius 1 is 1.15 bits per heavy atom. The van der Waals surface area contributed by atoms with E-state index in [1.165, 1.54) is 23.6 Å². The first-order chi connectivity index (χ1) is 12.7. The summed E-state index contributed by atoms with van der Waals surface area (Å²) in [5.74, 6) is -1.51. The first kappa shape index (κ1) is 18.2. The number of carbonyl (C=O) groups is 1. The number of halogens is 1. The lowest BCUT2D eigenvalue weighted by Gasteiger charge is -2.15. The van der Waals surface area contributed by atoms with Crippen LogP contribution in [0.1, 0.15) is 25.1 Å². The molecule has 0 amide bonds. The second-order valence-corrected chi connectivity index (χ2v) is 6.24. The number of nitrogens with one attached hydrogen (secondary N) is 1. The van der Waals surface area contributed by atoms with Crippen molar-refractivity contribution in [1.29, 1.82) is 5.41 Å². The summed E-state index contributed by atoms with van der Waals surface area (Å²) in [5, 5.41) is 18.2. The Labute approximate surface area is 155 Å². The van der Waals surface area contributed by atoms with E-state index in [1.807, 2.05) is 0 Å². The summed E-state index contributed by atoms with van der Waals surface area (Å²) in [4.78, 5) is 12.4. The van der Waals surface area contributed by atoms with Gasteiger partial charge in [0.15, 0.2) is 11.6 Å². The molecule has 6 nitrogen and oxygen atoms in total. The lowest BCUT2D eigenvalue weighted by Crippen LogP contribution is -2.18. The molecule has 138 valence electrons. The number of carbonyl (C=O) groups excluding carboxylic acids is 1. The highest BCUT2D eigenvalue weighted by atomic mass is 19.1. The summed E-state index contributed by atoms with van der Waals surface area (Å²) in [6.45, 7) is 2.92. The van der Waals surface area contributed by atoms with Crippen molar-refractivity contribution in [3.8, 4) is 11.4 Å². The third kappa shape index (κ3) is 2.93. The second kappa shape index (κ2) is 6.60. The van der Waals surface area contributed by atoms with Crippen molar-refractivity contribution in [3.05, 3.63) is 65.2 Å².